The van der Waals surface area contributed by atoms with Gasteiger partial charge in [-0.2, -0.15) is 0 Å². The first-order chi connectivity index (χ1) is 9.90. The van der Waals surface area contributed by atoms with Gasteiger partial charge in [0.2, 0.25) is 0 Å². The fourth-order valence-electron chi connectivity index (χ4n) is 3.45. The van der Waals surface area contributed by atoms with Gasteiger partial charge in [0.05, 0.1) is 7.11 Å². The van der Waals surface area contributed by atoms with Crippen LogP contribution in [0.1, 0.15) is 52.0 Å². The second-order valence-electron chi connectivity index (χ2n) is 7.65. The Balaban J connectivity index is 1.82. The van der Waals surface area contributed by atoms with Crippen molar-refractivity contribution in [3.63, 3.8) is 0 Å². The predicted octanol–water partition coefficient (Wildman–Crippen LogP) is 5.27. The summed E-state index contributed by atoms with van der Waals surface area (Å²) in [5.74, 6) is 2.66. The number of nitrogens with one attached hydrogen (secondary N) is 1. The highest BCUT2D eigenvalue weighted by molar-refractivity contribution is 5.53. The van der Waals surface area contributed by atoms with E-state index in [2.05, 4.69) is 45.1 Å². The third-order valence-electron chi connectivity index (χ3n) is 5.09. The van der Waals surface area contributed by atoms with Crippen LogP contribution in [0.4, 0.5) is 5.69 Å². The zero-order valence-electron chi connectivity index (χ0n) is 14.3. The lowest BCUT2D eigenvalue weighted by Crippen LogP contribution is -2.28. The SMILES string of the molecule is COc1ccc(NCC2CCC(C(C)(C)C)CC2)c(C)c1. The normalized spacial score (nSPS) is 22.9. The van der Waals surface area contributed by atoms with Gasteiger partial charge in [0, 0.05) is 12.2 Å². The van der Waals surface area contributed by atoms with E-state index in [4.69, 9.17) is 4.74 Å². The Morgan fingerprint density at radius 1 is 1.14 bits per heavy atom. The van der Waals surface area contributed by atoms with Gasteiger partial charge in [0.25, 0.3) is 0 Å². The maximum atomic E-state index is 5.26. The molecule has 1 saturated carbocycles. The molecule has 118 valence electrons. The predicted molar refractivity (Wildman–Crippen MR) is 91.1 cm³/mol. The maximum Gasteiger partial charge on any atom is 0.119 e. The number of hydrogen-bond acceptors (Lipinski definition) is 2. The van der Waals surface area contributed by atoms with Crippen LogP contribution >= 0.6 is 0 Å². The molecule has 1 fully saturated rings. The van der Waals surface area contributed by atoms with Crippen molar-refractivity contribution >= 4 is 5.69 Å². The minimum Gasteiger partial charge on any atom is -0.497 e. The number of aryl methyl sites for hydroxylation is 1. The number of benzene rings is 1. The minimum absolute atomic E-state index is 0.477. The summed E-state index contributed by atoms with van der Waals surface area (Å²) in [4.78, 5) is 0. The first kappa shape index (κ1) is 16.2. The highest BCUT2D eigenvalue weighted by Crippen LogP contribution is 2.39. The van der Waals surface area contributed by atoms with Crippen LogP contribution in [-0.2, 0) is 0 Å². The fraction of sp³-hybridized carbons (Fsp3) is 0.684. The minimum atomic E-state index is 0.477. The van der Waals surface area contributed by atoms with E-state index in [9.17, 15) is 0 Å². The lowest BCUT2D eigenvalue weighted by molar-refractivity contribution is 0.153. The molecule has 0 aliphatic heterocycles. The molecular weight excluding hydrogens is 258 g/mol. The Labute approximate surface area is 130 Å². The van der Waals surface area contributed by atoms with E-state index in [0.717, 1.165) is 24.1 Å². The Morgan fingerprint density at radius 3 is 2.33 bits per heavy atom. The van der Waals surface area contributed by atoms with E-state index in [1.807, 2.05) is 6.07 Å². The Kier molecular flexibility index (Phi) is 5.18. The van der Waals surface area contributed by atoms with Gasteiger partial charge in [-0.25, -0.2) is 0 Å². The molecule has 2 heteroatoms. The van der Waals surface area contributed by atoms with Crippen molar-refractivity contribution in [3.8, 4) is 5.75 Å². The monoisotopic (exact) mass is 289 g/mol. The van der Waals surface area contributed by atoms with Crippen LogP contribution in [0.2, 0.25) is 0 Å². The van der Waals surface area contributed by atoms with Gasteiger partial charge in [-0.3, -0.25) is 0 Å². The van der Waals surface area contributed by atoms with Crippen LogP contribution in [0.15, 0.2) is 18.2 Å². The van der Waals surface area contributed by atoms with E-state index in [1.165, 1.54) is 36.9 Å². The summed E-state index contributed by atoms with van der Waals surface area (Å²) in [5.41, 5.74) is 2.98. The Hall–Kier alpha value is -1.18. The summed E-state index contributed by atoms with van der Waals surface area (Å²) in [7, 11) is 1.72. The highest BCUT2D eigenvalue weighted by Gasteiger charge is 2.29. The van der Waals surface area contributed by atoms with Crippen molar-refractivity contribution in [2.45, 2.75) is 53.4 Å². The average Bonchev–Trinajstić information content (AvgIpc) is 2.45. The second kappa shape index (κ2) is 6.72. The molecule has 0 unspecified atom stereocenters. The van der Waals surface area contributed by atoms with Gasteiger partial charge in [0.15, 0.2) is 0 Å². The first-order valence-corrected chi connectivity index (χ1v) is 8.28. The summed E-state index contributed by atoms with van der Waals surface area (Å²) in [6, 6.07) is 6.26. The van der Waals surface area contributed by atoms with Crippen LogP contribution in [0.3, 0.4) is 0 Å². The zero-order valence-corrected chi connectivity index (χ0v) is 14.3. The molecule has 1 aromatic carbocycles. The van der Waals surface area contributed by atoms with Crippen LogP contribution in [-0.4, -0.2) is 13.7 Å². The molecule has 0 bridgehead atoms. The topological polar surface area (TPSA) is 21.3 Å². The van der Waals surface area contributed by atoms with Gasteiger partial charge in [0.1, 0.15) is 5.75 Å². The summed E-state index contributed by atoms with van der Waals surface area (Å²) in [6.45, 7) is 10.4. The largest absolute Gasteiger partial charge is 0.497 e. The molecule has 0 heterocycles. The molecule has 2 rings (SSSR count). The zero-order chi connectivity index (χ0) is 15.5. The number of hydrogen-bond donors (Lipinski definition) is 1. The lowest BCUT2D eigenvalue weighted by Gasteiger charge is -2.37. The third-order valence-corrected chi connectivity index (χ3v) is 5.09. The van der Waals surface area contributed by atoms with Crippen molar-refractivity contribution in [1.29, 1.82) is 0 Å². The molecule has 1 aromatic rings. The van der Waals surface area contributed by atoms with Crippen molar-refractivity contribution in [2.24, 2.45) is 17.3 Å². The molecule has 0 amide bonds. The smallest absolute Gasteiger partial charge is 0.119 e. The van der Waals surface area contributed by atoms with Gasteiger partial charge in [-0.05, 0) is 73.6 Å². The van der Waals surface area contributed by atoms with Crippen LogP contribution in [0.5, 0.6) is 5.75 Å². The maximum absolute atomic E-state index is 5.26. The summed E-state index contributed by atoms with van der Waals surface area (Å²) >= 11 is 0. The standard InChI is InChI=1S/C19H31NO/c1-14-12-17(21-5)10-11-18(14)20-13-15-6-8-16(9-7-15)19(2,3)4/h10-12,15-16,20H,6-9,13H2,1-5H3. The van der Waals surface area contributed by atoms with Gasteiger partial charge >= 0.3 is 0 Å². The molecule has 21 heavy (non-hydrogen) atoms. The van der Waals surface area contributed by atoms with Crippen molar-refractivity contribution in [2.75, 3.05) is 19.0 Å². The Morgan fingerprint density at radius 2 is 1.81 bits per heavy atom. The van der Waals surface area contributed by atoms with E-state index >= 15 is 0 Å². The quantitative estimate of drug-likeness (QED) is 0.815. The molecule has 2 nitrogen and oxygen atoms in total. The van der Waals surface area contributed by atoms with E-state index in [0.29, 0.717) is 5.41 Å². The molecule has 1 N–H and O–H groups in total. The number of anilines is 1. The molecule has 0 saturated heterocycles. The number of rotatable bonds is 4. The van der Waals surface area contributed by atoms with Crippen molar-refractivity contribution in [3.05, 3.63) is 23.8 Å². The van der Waals surface area contributed by atoms with Crippen LogP contribution < -0.4 is 10.1 Å². The molecule has 1 aliphatic rings. The molecule has 0 radical (unpaired) electrons. The van der Waals surface area contributed by atoms with Gasteiger partial charge in [-0.1, -0.05) is 20.8 Å². The first-order valence-electron chi connectivity index (χ1n) is 8.28. The number of methoxy groups -OCH3 is 1. The third kappa shape index (κ3) is 4.39. The molecule has 1 aliphatic carbocycles. The lowest BCUT2D eigenvalue weighted by atomic mass is 9.70. The molecule has 0 atom stereocenters. The van der Waals surface area contributed by atoms with E-state index in [-0.39, 0.29) is 0 Å². The highest BCUT2D eigenvalue weighted by atomic mass is 16.5. The van der Waals surface area contributed by atoms with Crippen LogP contribution in [0, 0.1) is 24.2 Å². The van der Waals surface area contributed by atoms with Crippen LogP contribution in [0.25, 0.3) is 0 Å². The molecule has 0 spiro atoms. The second-order valence-corrected chi connectivity index (χ2v) is 7.65. The van der Waals surface area contributed by atoms with Crippen molar-refractivity contribution in [1.82, 2.24) is 0 Å². The summed E-state index contributed by atoms with van der Waals surface area (Å²) < 4.78 is 5.26. The molecule has 0 aromatic heterocycles. The average molecular weight is 289 g/mol. The van der Waals surface area contributed by atoms with E-state index < -0.39 is 0 Å². The Bertz CT molecular complexity index is 453. The molecular formula is C19H31NO. The van der Waals surface area contributed by atoms with Gasteiger partial charge < -0.3 is 10.1 Å². The van der Waals surface area contributed by atoms with Gasteiger partial charge in [-0.15, -0.1) is 0 Å². The van der Waals surface area contributed by atoms with E-state index in [1.54, 1.807) is 7.11 Å². The van der Waals surface area contributed by atoms with Crippen molar-refractivity contribution < 1.29 is 4.74 Å². The summed E-state index contributed by atoms with van der Waals surface area (Å²) in [6.07, 6.45) is 5.50. The summed E-state index contributed by atoms with van der Waals surface area (Å²) in [5, 5.41) is 3.63. The fourth-order valence-corrected chi connectivity index (χ4v) is 3.45. The number of ether oxygens (including phenoxy) is 1.